The molecule has 2 atom stereocenters. The van der Waals surface area contributed by atoms with Gasteiger partial charge in [-0.2, -0.15) is 0 Å². The number of esters is 2. The van der Waals surface area contributed by atoms with Crippen LogP contribution in [0.25, 0.3) is 0 Å². The Bertz CT molecular complexity index is 640. The van der Waals surface area contributed by atoms with E-state index in [4.69, 9.17) is 9.47 Å². The predicted octanol–water partition coefficient (Wildman–Crippen LogP) is 1.88. The summed E-state index contributed by atoms with van der Waals surface area (Å²) in [6.07, 6.45) is 3.97. The summed E-state index contributed by atoms with van der Waals surface area (Å²) in [6.45, 7) is 7.00. The van der Waals surface area contributed by atoms with Gasteiger partial charge in [0, 0.05) is 23.5 Å². The number of carbonyl (C=O) groups excluding carboxylic acids is 3. The number of ether oxygens (including phenoxy) is 2. The maximum absolute atomic E-state index is 12.3. The lowest BCUT2D eigenvalue weighted by Gasteiger charge is -2.18. The molecular formula is C19H24O6. The first-order chi connectivity index (χ1) is 11.8. The van der Waals surface area contributed by atoms with Crippen LogP contribution in [0.3, 0.4) is 0 Å². The highest BCUT2D eigenvalue weighted by Gasteiger charge is 2.39. The molecule has 0 amide bonds. The van der Waals surface area contributed by atoms with Crippen molar-refractivity contribution < 1.29 is 29.0 Å². The van der Waals surface area contributed by atoms with Crippen LogP contribution in [0.4, 0.5) is 0 Å². The third-order valence-corrected chi connectivity index (χ3v) is 4.41. The van der Waals surface area contributed by atoms with Crippen molar-refractivity contribution in [1.29, 1.82) is 0 Å². The highest BCUT2D eigenvalue weighted by atomic mass is 16.6. The number of fused-ring (bicyclic) bond motifs is 1. The molecule has 1 heterocycles. The number of rotatable bonds is 4. The van der Waals surface area contributed by atoms with Crippen LogP contribution in [-0.4, -0.2) is 42.1 Å². The maximum Gasteiger partial charge on any atom is 0.334 e. The quantitative estimate of drug-likeness (QED) is 0.474. The minimum absolute atomic E-state index is 0.0528. The molecule has 0 radical (unpaired) electrons. The van der Waals surface area contributed by atoms with Crippen LogP contribution in [0.15, 0.2) is 35.5 Å². The van der Waals surface area contributed by atoms with E-state index in [9.17, 15) is 19.5 Å². The standard InChI is InChI=1S/C19H24O6/c1-11(2)18(22)24-10-13-5-4-6-14(9-20)16(21)8-15-12(3)19(23)25-17(15)7-13/h6-7,11,15,17,20H,3-5,8-10H2,1-2H3/b13-7-,14-6?/t15-,17+/m0/s1. The van der Waals surface area contributed by atoms with Crippen molar-refractivity contribution in [3.05, 3.63) is 35.5 Å². The third-order valence-electron chi connectivity index (χ3n) is 4.41. The van der Waals surface area contributed by atoms with Crippen LogP contribution in [0.5, 0.6) is 0 Å². The summed E-state index contributed by atoms with van der Waals surface area (Å²) in [5, 5.41) is 9.41. The summed E-state index contributed by atoms with van der Waals surface area (Å²) in [4.78, 5) is 35.8. The topological polar surface area (TPSA) is 89.9 Å². The Labute approximate surface area is 147 Å². The zero-order valence-corrected chi connectivity index (χ0v) is 14.6. The first-order valence-electron chi connectivity index (χ1n) is 8.42. The number of aliphatic hydroxyl groups excluding tert-OH is 1. The Morgan fingerprint density at radius 3 is 2.80 bits per heavy atom. The smallest absolute Gasteiger partial charge is 0.334 e. The summed E-state index contributed by atoms with van der Waals surface area (Å²) in [7, 11) is 0. The van der Waals surface area contributed by atoms with Gasteiger partial charge >= 0.3 is 11.9 Å². The molecule has 25 heavy (non-hydrogen) atoms. The van der Waals surface area contributed by atoms with Crippen LogP contribution in [0, 0.1) is 11.8 Å². The van der Waals surface area contributed by atoms with Crippen LogP contribution in [-0.2, 0) is 23.9 Å². The second-order valence-corrected chi connectivity index (χ2v) is 6.64. The van der Waals surface area contributed by atoms with E-state index in [0.717, 1.165) is 5.57 Å². The van der Waals surface area contributed by atoms with Gasteiger partial charge in [0.05, 0.1) is 12.5 Å². The normalized spacial score (nSPS) is 26.5. The first kappa shape index (κ1) is 19.1. The zero-order valence-electron chi connectivity index (χ0n) is 14.6. The van der Waals surface area contributed by atoms with E-state index in [-0.39, 0.29) is 42.9 Å². The molecule has 0 bridgehead atoms. The number of allylic oxidation sites excluding steroid dienone is 1. The van der Waals surface area contributed by atoms with Crippen LogP contribution in [0.2, 0.25) is 0 Å². The Morgan fingerprint density at radius 1 is 1.44 bits per heavy atom. The van der Waals surface area contributed by atoms with Gasteiger partial charge in [-0.3, -0.25) is 9.59 Å². The highest BCUT2D eigenvalue weighted by molar-refractivity contribution is 5.98. The SMILES string of the molecule is C=C1C(=O)O[C@@H]2/C=C(\COC(=O)C(C)C)CCC=C(CO)C(=O)C[C@@H]12. The monoisotopic (exact) mass is 348 g/mol. The van der Waals surface area contributed by atoms with Crippen molar-refractivity contribution in [2.75, 3.05) is 13.2 Å². The number of ketones is 1. The number of aliphatic hydroxyl groups is 1. The minimum atomic E-state index is -0.602. The molecule has 1 aliphatic carbocycles. The van der Waals surface area contributed by atoms with Crippen LogP contribution in [0.1, 0.15) is 33.1 Å². The number of Topliss-reactive ketones (excluding diaryl/α,β-unsaturated/α-hetero) is 1. The van der Waals surface area contributed by atoms with Gasteiger partial charge in [-0.15, -0.1) is 0 Å². The predicted molar refractivity (Wildman–Crippen MR) is 90.4 cm³/mol. The van der Waals surface area contributed by atoms with Crippen molar-refractivity contribution in [2.24, 2.45) is 11.8 Å². The molecule has 1 aliphatic heterocycles. The fraction of sp³-hybridized carbons (Fsp3) is 0.526. The van der Waals surface area contributed by atoms with Crippen molar-refractivity contribution in [1.82, 2.24) is 0 Å². The van der Waals surface area contributed by atoms with Gasteiger partial charge in [0.1, 0.15) is 12.7 Å². The molecule has 0 aromatic rings. The molecule has 136 valence electrons. The van der Waals surface area contributed by atoms with Gasteiger partial charge < -0.3 is 14.6 Å². The molecule has 6 nitrogen and oxygen atoms in total. The third kappa shape index (κ3) is 4.66. The zero-order chi connectivity index (χ0) is 18.6. The van der Waals surface area contributed by atoms with Crippen molar-refractivity contribution in [2.45, 2.75) is 39.2 Å². The van der Waals surface area contributed by atoms with Gasteiger partial charge in [-0.05, 0) is 24.5 Å². The van der Waals surface area contributed by atoms with E-state index in [1.165, 1.54) is 0 Å². The Hall–Kier alpha value is -2.21. The van der Waals surface area contributed by atoms with Gasteiger partial charge in [0.25, 0.3) is 0 Å². The van der Waals surface area contributed by atoms with E-state index < -0.39 is 18.0 Å². The van der Waals surface area contributed by atoms with Crippen molar-refractivity contribution in [3.63, 3.8) is 0 Å². The fourth-order valence-corrected chi connectivity index (χ4v) is 2.82. The highest BCUT2D eigenvalue weighted by Crippen LogP contribution is 2.33. The lowest BCUT2D eigenvalue weighted by atomic mass is 9.87. The van der Waals surface area contributed by atoms with Crippen molar-refractivity contribution in [3.8, 4) is 0 Å². The number of hydrogen-bond donors (Lipinski definition) is 1. The summed E-state index contributed by atoms with van der Waals surface area (Å²) < 4.78 is 10.6. The molecule has 2 rings (SSSR count). The molecule has 6 heteroatoms. The Balaban J connectivity index is 2.25. The average molecular weight is 348 g/mol. The summed E-state index contributed by atoms with van der Waals surface area (Å²) >= 11 is 0. The molecule has 1 fully saturated rings. The van der Waals surface area contributed by atoms with Crippen LogP contribution >= 0.6 is 0 Å². The summed E-state index contributed by atoms with van der Waals surface area (Å²) in [5.41, 5.74) is 1.40. The summed E-state index contributed by atoms with van der Waals surface area (Å²) in [6, 6.07) is 0. The number of hydrogen-bond acceptors (Lipinski definition) is 6. The van der Waals surface area contributed by atoms with E-state index in [1.54, 1.807) is 26.0 Å². The van der Waals surface area contributed by atoms with Crippen molar-refractivity contribution >= 4 is 17.7 Å². The summed E-state index contributed by atoms with van der Waals surface area (Å²) in [5.74, 6) is -1.73. The second kappa shape index (κ2) is 8.25. The van der Waals surface area contributed by atoms with Gasteiger partial charge in [-0.1, -0.05) is 26.5 Å². The number of carbonyl (C=O) groups is 3. The Kier molecular flexibility index (Phi) is 6.31. The first-order valence-corrected chi connectivity index (χ1v) is 8.42. The van der Waals surface area contributed by atoms with Gasteiger partial charge in [0.15, 0.2) is 5.78 Å². The van der Waals surface area contributed by atoms with Gasteiger partial charge in [0.2, 0.25) is 0 Å². The fourth-order valence-electron chi connectivity index (χ4n) is 2.82. The molecule has 0 spiro atoms. The lowest BCUT2D eigenvalue weighted by molar-refractivity contribution is -0.146. The van der Waals surface area contributed by atoms with E-state index in [1.807, 2.05) is 0 Å². The molecule has 1 saturated heterocycles. The van der Waals surface area contributed by atoms with E-state index in [2.05, 4.69) is 6.58 Å². The average Bonchev–Trinajstić information content (AvgIpc) is 2.83. The Morgan fingerprint density at radius 2 is 2.16 bits per heavy atom. The molecule has 1 N–H and O–H groups in total. The molecule has 0 saturated carbocycles. The minimum Gasteiger partial charge on any atom is -0.461 e. The molecule has 2 aliphatic rings. The molecular weight excluding hydrogens is 324 g/mol. The molecule has 0 unspecified atom stereocenters. The second-order valence-electron chi connectivity index (χ2n) is 6.64. The molecule has 0 aromatic heterocycles. The van der Waals surface area contributed by atoms with Crippen LogP contribution < -0.4 is 0 Å². The van der Waals surface area contributed by atoms with E-state index >= 15 is 0 Å². The molecule has 0 aromatic carbocycles. The maximum atomic E-state index is 12.3. The van der Waals surface area contributed by atoms with E-state index in [0.29, 0.717) is 18.4 Å². The lowest BCUT2D eigenvalue weighted by Crippen LogP contribution is -2.22. The largest absolute Gasteiger partial charge is 0.461 e. The van der Waals surface area contributed by atoms with Gasteiger partial charge in [-0.25, -0.2) is 4.79 Å².